The molecule has 2 aliphatic rings. The van der Waals surface area contributed by atoms with Crippen molar-refractivity contribution in [1.82, 2.24) is 24.8 Å². The van der Waals surface area contributed by atoms with E-state index in [-0.39, 0.29) is 18.0 Å². The molecule has 0 saturated carbocycles. The Balaban J connectivity index is 0.000000344. The molecule has 0 bridgehead atoms. The van der Waals surface area contributed by atoms with Gasteiger partial charge in [-0.05, 0) is 56.9 Å². The minimum Gasteiger partial charge on any atom is -0.459 e. The number of aromatic amines is 1. The number of imidazole rings is 1. The average Bonchev–Trinajstić information content (AvgIpc) is 3.85. The average molecular weight is 675 g/mol. The molecule has 1 unspecified atom stereocenters. The smallest absolute Gasteiger partial charge is 0.294 e. The van der Waals surface area contributed by atoms with Crippen LogP contribution in [0.25, 0.3) is 33.1 Å². The molecule has 9 nitrogen and oxygen atoms in total. The van der Waals surface area contributed by atoms with Crippen molar-refractivity contribution in [1.29, 1.82) is 0 Å². The van der Waals surface area contributed by atoms with Crippen LogP contribution in [0, 0.1) is 5.92 Å². The van der Waals surface area contributed by atoms with E-state index in [9.17, 15) is 4.39 Å². The highest BCUT2D eigenvalue weighted by atomic mass is 19.1. The fourth-order valence-electron chi connectivity index (χ4n) is 5.88. The summed E-state index contributed by atoms with van der Waals surface area (Å²) in [6, 6.07) is 15.8. The summed E-state index contributed by atoms with van der Waals surface area (Å²) in [7, 11) is 1.00. The molecule has 5 heterocycles. The van der Waals surface area contributed by atoms with Crippen LogP contribution in [0.5, 0.6) is 6.01 Å². The van der Waals surface area contributed by atoms with Crippen molar-refractivity contribution < 1.29 is 18.7 Å². The number of H-pyrrole nitrogens is 1. The van der Waals surface area contributed by atoms with E-state index in [1.165, 1.54) is 38.6 Å². The lowest BCUT2D eigenvalue weighted by Gasteiger charge is -2.32. The molecule has 7 rings (SSSR count). The fraction of sp³-hybridized carbons (Fsp3) is 0.462. The van der Waals surface area contributed by atoms with Gasteiger partial charge in [-0.3, -0.25) is 0 Å². The predicted molar refractivity (Wildman–Crippen MR) is 201 cm³/mol. The summed E-state index contributed by atoms with van der Waals surface area (Å²) in [5.41, 5.74) is 4.84. The van der Waals surface area contributed by atoms with Gasteiger partial charge in [-0.2, -0.15) is 4.98 Å². The molecule has 49 heavy (non-hydrogen) atoms. The minimum absolute atomic E-state index is 0.0616. The first-order valence-electron chi connectivity index (χ1n) is 17.5. The van der Waals surface area contributed by atoms with Crippen molar-refractivity contribution in [3.05, 3.63) is 79.3 Å². The SMILES string of the molecule is C=C(C)N1CCC(C)CC1.C=C[C@@H]1C[C@H](Oc2nc3ccccc3[nH]2)CN1c1nc(C(C)F)nc2c1oc1ccccc12.CC.CC.CO. The van der Waals surface area contributed by atoms with E-state index in [0.29, 0.717) is 41.5 Å². The number of benzene rings is 2. The summed E-state index contributed by atoms with van der Waals surface area (Å²) in [6.45, 7) is 24.8. The van der Waals surface area contributed by atoms with Gasteiger partial charge in [0.05, 0.1) is 23.6 Å². The number of aliphatic hydroxyl groups excluding tert-OH is 1. The third-order valence-corrected chi connectivity index (χ3v) is 8.39. The first-order valence-corrected chi connectivity index (χ1v) is 17.5. The highest BCUT2D eigenvalue weighted by molar-refractivity contribution is 6.05. The quantitative estimate of drug-likeness (QED) is 0.172. The van der Waals surface area contributed by atoms with E-state index in [1.54, 1.807) is 0 Å². The lowest BCUT2D eigenvalue weighted by molar-refractivity contribution is 0.207. The van der Waals surface area contributed by atoms with Gasteiger partial charge in [0.25, 0.3) is 6.01 Å². The summed E-state index contributed by atoms with van der Waals surface area (Å²) < 4.78 is 26.7. The highest BCUT2D eigenvalue weighted by Gasteiger charge is 2.36. The van der Waals surface area contributed by atoms with Gasteiger partial charge in [-0.1, -0.05) is 71.5 Å². The zero-order valence-corrected chi connectivity index (χ0v) is 30.5. The Labute approximate surface area is 290 Å². The summed E-state index contributed by atoms with van der Waals surface area (Å²) in [4.78, 5) is 21.2. The van der Waals surface area contributed by atoms with Gasteiger partial charge >= 0.3 is 0 Å². The lowest BCUT2D eigenvalue weighted by Crippen LogP contribution is -2.30. The summed E-state index contributed by atoms with van der Waals surface area (Å²) in [5, 5.41) is 7.84. The number of halogens is 1. The van der Waals surface area contributed by atoms with Crippen LogP contribution < -0.4 is 9.64 Å². The van der Waals surface area contributed by atoms with Crippen LogP contribution in [0.2, 0.25) is 0 Å². The molecule has 0 spiro atoms. The van der Waals surface area contributed by atoms with E-state index in [4.69, 9.17) is 14.3 Å². The first kappa shape index (κ1) is 39.0. The molecule has 266 valence electrons. The Morgan fingerprint density at radius 3 is 2.33 bits per heavy atom. The van der Waals surface area contributed by atoms with Crippen molar-refractivity contribution in [3.63, 3.8) is 0 Å². The molecule has 0 aliphatic carbocycles. The van der Waals surface area contributed by atoms with Crippen molar-refractivity contribution >= 4 is 38.9 Å². The molecule has 0 amide bonds. The number of furan rings is 1. The van der Waals surface area contributed by atoms with Gasteiger partial charge in [0, 0.05) is 37.7 Å². The second-order valence-corrected chi connectivity index (χ2v) is 11.7. The maximum absolute atomic E-state index is 14.3. The van der Waals surface area contributed by atoms with Crippen molar-refractivity contribution in [2.24, 2.45) is 5.92 Å². The normalized spacial score (nSPS) is 17.8. The van der Waals surface area contributed by atoms with Gasteiger partial charge < -0.3 is 29.0 Å². The molecule has 2 saturated heterocycles. The molecule has 3 aromatic heterocycles. The largest absolute Gasteiger partial charge is 0.459 e. The molecule has 2 fully saturated rings. The third kappa shape index (κ3) is 9.38. The second kappa shape index (κ2) is 18.9. The standard InChI is InChI=1S/C25H22FN5O2.C9H17N.2C2H6.CH4O/c1-3-15-12-16(32-25-27-18-9-5-6-10-19(18)28-25)13-31(15)24-22-21(29-23(30-24)14(2)26)17-8-4-7-11-20(17)33-22;1-8(2)10-6-4-9(3)5-7-10;3*1-2/h3-11,14-16H,1,12-13H2,2H3,(H,27,28);9H,1,4-7H2,2-3H3;2*1-2H3;2H,1H3/t14?,15-,16+;;;;/m1..../s1. The van der Waals surface area contributed by atoms with Crippen molar-refractivity contribution in [3.8, 4) is 6.01 Å². The Morgan fingerprint density at radius 2 is 1.69 bits per heavy atom. The number of anilines is 1. The third-order valence-electron chi connectivity index (χ3n) is 8.39. The zero-order chi connectivity index (χ0) is 36.1. The number of fused-ring (bicyclic) bond motifs is 4. The van der Waals surface area contributed by atoms with E-state index in [1.807, 2.05) is 82.3 Å². The molecule has 5 aromatic rings. The van der Waals surface area contributed by atoms with Gasteiger partial charge in [0.15, 0.2) is 23.4 Å². The molecular formula is C39H55FN6O3. The number of rotatable bonds is 6. The van der Waals surface area contributed by atoms with E-state index >= 15 is 0 Å². The van der Waals surface area contributed by atoms with Gasteiger partial charge in [0.1, 0.15) is 17.2 Å². The maximum atomic E-state index is 14.3. The number of allylic oxidation sites excluding steroid dienone is 1. The summed E-state index contributed by atoms with van der Waals surface area (Å²) in [5.74, 6) is 1.61. The number of nitrogens with zero attached hydrogens (tertiary/aromatic N) is 5. The van der Waals surface area contributed by atoms with Crippen LogP contribution in [-0.2, 0) is 0 Å². The topological polar surface area (TPSA) is 104 Å². The van der Waals surface area contributed by atoms with E-state index in [0.717, 1.165) is 29.4 Å². The van der Waals surface area contributed by atoms with Crippen LogP contribution in [-0.4, -0.2) is 68.8 Å². The van der Waals surface area contributed by atoms with E-state index < -0.39 is 6.17 Å². The number of piperidine rings is 1. The Bertz CT molecular complexity index is 1730. The second-order valence-electron chi connectivity index (χ2n) is 11.7. The van der Waals surface area contributed by atoms with Crippen LogP contribution in [0.3, 0.4) is 0 Å². The molecule has 2 aromatic carbocycles. The number of aliphatic hydroxyl groups is 1. The summed E-state index contributed by atoms with van der Waals surface area (Å²) in [6.07, 6.45) is 3.76. The van der Waals surface area contributed by atoms with Gasteiger partial charge in [-0.25, -0.2) is 14.4 Å². The number of ether oxygens (including phenoxy) is 1. The molecule has 0 radical (unpaired) electrons. The lowest BCUT2D eigenvalue weighted by atomic mass is 9.99. The van der Waals surface area contributed by atoms with E-state index in [2.05, 4.69) is 56.7 Å². The molecule has 10 heteroatoms. The van der Waals surface area contributed by atoms with Gasteiger partial charge in [-0.15, -0.1) is 6.58 Å². The zero-order valence-electron chi connectivity index (χ0n) is 30.5. The number of hydrogen-bond donors (Lipinski definition) is 2. The summed E-state index contributed by atoms with van der Waals surface area (Å²) >= 11 is 0. The van der Waals surface area contributed by atoms with Crippen molar-refractivity contribution in [2.45, 2.75) is 86.0 Å². The predicted octanol–water partition coefficient (Wildman–Crippen LogP) is 9.41. The minimum atomic E-state index is -1.31. The Kier molecular flexibility index (Phi) is 15.1. The number of likely N-dealkylation sites (tertiary alicyclic amines) is 1. The van der Waals surface area contributed by atoms with Gasteiger partial charge in [0.2, 0.25) is 0 Å². The van der Waals surface area contributed by atoms with Crippen LogP contribution >= 0.6 is 0 Å². The van der Waals surface area contributed by atoms with Crippen LogP contribution in [0.4, 0.5) is 10.2 Å². The Hall–Kier alpha value is -4.44. The highest BCUT2D eigenvalue weighted by Crippen LogP contribution is 2.37. The molecule has 2 aliphatic heterocycles. The number of para-hydroxylation sites is 3. The van der Waals surface area contributed by atoms with Crippen LogP contribution in [0.15, 0.2) is 77.9 Å². The number of aromatic nitrogens is 4. The number of hydrogen-bond acceptors (Lipinski definition) is 8. The van der Waals surface area contributed by atoms with Crippen LogP contribution in [0.1, 0.15) is 79.7 Å². The monoisotopic (exact) mass is 674 g/mol. The fourth-order valence-corrected chi connectivity index (χ4v) is 5.88. The molecular weight excluding hydrogens is 619 g/mol. The molecule has 2 N–H and O–H groups in total. The maximum Gasteiger partial charge on any atom is 0.294 e. The number of alkyl halides is 1. The molecule has 3 atom stereocenters. The first-order chi connectivity index (χ1) is 23.8. The Morgan fingerprint density at radius 1 is 1.04 bits per heavy atom. The van der Waals surface area contributed by atoms with Crippen molar-refractivity contribution in [2.75, 3.05) is 31.6 Å². The number of nitrogens with one attached hydrogen (secondary N) is 1.